The molecule has 0 spiro atoms. The first kappa shape index (κ1) is 16.4. The van der Waals surface area contributed by atoms with Crippen molar-refractivity contribution in [2.45, 2.75) is 24.4 Å². The van der Waals surface area contributed by atoms with Gasteiger partial charge in [0.1, 0.15) is 5.82 Å². The molecule has 118 valence electrons. The van der Waals surface area contributed by atoms with Crippen LogP contribution in [0.4, 0.5) is 0 Å². The van der Waals surface area contributed by atoms with Crippen molar-refractivity contribution >= 4 is 35.0 Å². The fraction of sp³-hybridized carbons (Fsp3) is 0.176. The van der Waals surface area contributed by atoms with Gasteiger partial charge in [-0.2, -0.15) is 0 Å². The van der Waals surface area contributed by atoms with E-state index >= 15 is 0 Å². The second-order valence-corrected chi connectivity index (χ2v) is 6.85. The molecule has 3 rings (SSSR count). The predicted octanol–water partition coefficient (Wildman–Crippen LogP) is 5.23. The number of benzene rings is 2. The Hall–Kier alpha value is -1.49. The second-order valence-electron chi connectivity index (χ2n) is 5.09. The molecule has 1 aromatic heterocycles. The third-order valence-electron chi connectivity index (χ3n) is 3.49. The summed E-state index contributed by atoms with van der Waals surface area (Å²) in [6.45, 7) is 2.71. The average Bonchev–Trinajstić information content (AvgIpc) is 2.89. The van der Waals surface area contributed by atoms with Gasteiger partial charge in [-0.05, 0) is 30.2 Å². The Bertz CT molecular complexity index is 783. The van der Waals surface area contributed by atoms with E-state index in [0.717, 1.165) is 23.1 Å². The first-order valence-corrected chi connectivity index (χ1v) is 8.88. The molecular weight excluding hydrogens is 349 g/mol. The number of thioether (sulfide) groups is 1. The molecule has 0 atom stereocenters. The van der Waals surface area contributed by atoms with Crippen LogP contribution >= 0.6 is 35.0 Å². The van der Waals surface area contributed by atoms with Gasteiger partial charge in [-0.3, -0.25) is 0 Å². The summed E-state index contributed by atoms with van der Waals surface area (Å²) in [5.41, 5.74) is 2.14. The van der Waals surface area contributed by atoms with E-state index in [2.05, 4.69) is 26.9 Å². The zero-order valence-electron chi connectivity index (χ0n) is 12.5. The van der Waals surface area contributed by atoms with Crippen LogP contribution in [0.2, 0.25) is 10.0 Å². The van der Waals surface area contributed by atoms with E-state index in [1.807, 2.05) is 43.3 Å². The molecule has 0 aliphatic carbocycles. The number of aryl methyl sites for hydroxylation is 1. The molecule has 0 fully saturated rings. The van der Waals surface area contributed by atoms with Crippen molar-refractivity contribution in [3.63, 3.8) is 0 Å². The molecular formula is C17H15Cl2N3S. The molecule has 1 heterocycles. The van der Waals surface area contributed by atoms with Crippen LogP contribution < -0.4 is 0 Å². The molecule has 0 bridgehead atoms. The predicted molar refractivity (Wildman–Crippen MR) is 96.3 cm³/mol. The number of rotatable bonds is 5. The van der Waals surface area contributed by atoms with Crippen molar-refractivity contribution < 1.29 is 0 Å². The van der Waals surface area contributed by atoms with Gasteiger partial charge in [0.25, 0.3) is 0 Å². The molecule has 0 amide bonds. The first-order valence-electron chi connectivity index (χ1n) is 7.14. The van der Waals surface area contributed by atoms with Gasteiger partial charge < -0.3 is 4.57 Å². The summed E-state index contributed by atoms with van der Waals surface area (Å²) in [6.07, 6.45) is 0. The molecule has 3 aromatic rings. The monoisotopic (exact) mass is 363 g/mol. The normalized spacial score (nSPS) is 10.9. The van der Waals surface area contributed by atoms with Crippen LogP contribution in [0.1, 0.15) is 17.0 Å². The molecule has 0 radical (unpaired) electrons. The van der Waals surface area contributed by atoms with E-state index in [9.17, 15) is 0 Å². The number of aromatic nitrogens is 3. The average molecular weight is 364 g/mol. The summed E-state index contributed by atoms with van der Waals surface area (Å²) in [4.78, 5) is 0. The minimum Gasteiger partial charge on any atom is -0.302 e. The fourth-order valence-electron chi connectivity index (χ4n) is 2.22. The molecule has 0 unspecified atom stereocenters. The lowest BCUT2D eigenvalue weighted by molar-refractivity contribution is 0.688. The summed E-state index contributed by atoms with van der Waals surface area (Å²) in [5.74, 6) is 1.55. The van der Waals surface area contributed by atoms with Crippen LogP contribution in [0.15, 0.2) is 53.7 Å². The molecule has 23 heavy (non-hydrogen) atoms. The van der Waals surface area contributed by atoms with Crippen LogP contribution in [0, 0.1) is 6.92 Å². The van der Waals surface area contributed by atoms with Crippen LogP contribution in [0.3, 0.4) is 0 Å². The molecule has 2 aromatic carbocycles. The summed E-state index contributed by atoms with van der Waals surface area (Å²) in [6, 6.07) is 15.8. The molecule has 3 nitrogen and oxygen atoms in total. The Labute approximate surface area is 149 Å². The van der Waals surface area contributed by atoms with Crippen molar-refractivity contribution in [3.05, 3.63) is 75.5 Å². The summed E-state index contributed by atoms with van der Waals surface area (Å²) < 4.78 is 2.10. The van der Waals surface area contributed by atoms with Gasteiger partial charge in [0.2, 0.25) is 0 Å². The van der Waals surface area contributed by atoms with Gasteiger partial charge in [-0.25, -0.2) is 0 Å². The van der Waals surface area contributed by atoms with E-state index < -0.39 is 0 Å². The third kappa shape index (κ3) is 3.89. The second kappa shape index (κ2) is 7.39. The van der Waals surface area contributed by atoms with Gasteiger partial charge in [-0.15, -0.1) is 10.2 Å². The highest BCUT2D eigenvalue weighted by Crippen LogP contribution is 2.31. The van der Waals surface area contributed by atoms with E-state index in [1.165, 1.54) is 5.56 Å². The van der Waals surface area contributed by atoms with Crippen molar-refractivity contribution in [1.82, 2.24) is 14.8 Å². The smallest absolute Gasteiger partial charge is 0.191 e. The number of hydrogen-bond donors (Lipinski definition) is 0. The van der Waals surface area contributed by atoms with Gasteiger partial charge in [0, 0.05) is 15.8 Å². The Morgan fingerprint density at radius 3 is 2.35 bits per heavy atom. The molecule has 0 aliphatic heterocycles. The SMILES string of the molecule is Cc1nnc(SCc2c(Cl)cccc2Cl)n1Cc1ccccc1. The van der Waals surface area contributed by atoms with E-state index in [1.54, 1.807) is 11.8 Å². The molecule has 0 saturated heterocycles. The molecule has 0 N–H and O–H groups in total. The van der Waals surface area contributed by atoms with Crippen LogP contribution in [-0.4, -0.2) is 14.8 Å². The maximum Gasteiger partial charge on any atom is 0.191 e. The van der Waals surface area contributed by atoms with E-state index in [4.69, 9.17) is 23.2 Å². The Balaban J connectivity index is 1.79. The lowest BCUT2D eigenvalue weighted by atomic mass is 10.2. The largest absolute Gasteiger partial charge is 0.302 e. The van der Waals surface area contributed by atoms with Crippen molar-refractivity contribution in [1.29, 1.82) is 0 Å². The topological polar surface area (TPSA) is 30.7 Å². The number of hydrogen-bond acceptors (Lipinski definition) is 3. The zero-order chi connectivity index (χ0) is 16.2. The fourth-order valence-corrected chi connectivity index (χ4v) is 3.95. The summed E-state index contributed by atoms with van der Waals surface area (Å²) in [7, 11) is 0. The highest BCUT2D eigenvalue weighted by Gasteiger charge is 2.12. The highest BCUT2D eigenvalue weighted by atomic mass is 35.5. The Kier molecular flexibility index (Phi) is 5.26. The molecule has 0 saturated carbocycles. The Morgan fingerprint density at radius 1 is 0.957 bits per heavy atom. The third-order valence-corrected chi connectivity index (χ3v) is 5.19. The van der Waals surface area contributed by atoms with Crippen LogP contribution in [0.25, 0.3) is 0 Å². The quantitative estimate of drug-likeness (QED) is 0.581. The molecule has 0 aliphatic rings. The van der Waals surface area contributed by atoms with Gasteiger partial charge >= 0.3 is 0 Å². The lowest BCUT2D eigenvalue weighted by Gasteiger charge is -2.10. The van der Waals surface area contributed by atoms with Crippen molar-refractivity contribution in [2.24, 2.45) is 0 Å². The maximum atomic E-state index is 6.23. The molecule has 6 heteroatoms. The van der Waals surface area contributed by atoms with Crippen molar-refractivity contribution in [3.8, 4) is 0 Å². The summed E-state index contributed by atoms with van der Waals surface area (Å²) >= 11 is 14.0. The van der Waals surface area contributed by atoms with Gasteiger partial charge in [-0.1, -0.05) is 71.4 Å². The van der Waals surface area contributed by atoms with Gasteiger partial charge in [0.05, 0.1) is 6.54 Å². The number of halogens is 2. The lowest BCUT2D eigenvalue weighted by Crippen LogP contribution is -2.04. The summed E-state index contributed by atoms with van der Waals surface area (Å²) in [5, 5.41) is 10.7. The first-order chi connectivity index (χ1) is 11.1. The van der Waals surface area contributed by atoms with Gasteiger partial charge in [0.15, 0.2) is 5.16 Å². The Morgan fingerprint density at radius 2 is 1.65 bits per heavy atom. The minimum atomic E-state index is 0.658. The van der Waals surface area contributed by atoms with E-state index in [-0.39, 0.29) is 0 Å². The van der Waals surface area contributed by atoms with Crippen LogP contribution in [0.5, 0.6) is 0 Å². The number of nitrogens with zero attached hydrogens (tertiary/aromatic N) is 3. The standard InChI is InChI=1S/C17H15Cl2N3S/c1-12-20-21-17(22(12)10-13-6-3-2-4-7-13)23-11-14-15(18)8-5-9-16(14)19/h2-9H,10-11H2,1H3. The van der Waals surface area contributed by atoms with E-state index in [0.29, 0.717) is 15.8 Å². The van der Waals surface area contributed by atoms with Crippen LogP contribution in [-0.2, 0) is 12.3 Å². The van der Waals surface area contributed by atoms with Crippen molar-refractivity contribution in [2.75, 3.05) is 0 Å². The minimum absolute atomic E-state index is 0.658. The zero-order valence-corrected chi connectivity index (χ0v) is 14.9. The highest BCUT2D eigenvalue weighted by molar-refractivity contribution is 7.98. The maximum absolute atomic E-state index is 6.23.